The minimum atomic E-state index is 0.251. The van der Waals surface area contributed by atoms with Crippen molar-refractivity contribution < 1.29 is 4.79 Å². The normalized spacial score (nSPS) is 11.9. The summed E-state index contributed by atoms with van der Waals surface area (Å²) in [7, 11) is 0. The van der Waals surface area contributed by atoms with Crippen molar-refractivity contribution in [1.82, 2.24) is 5.32 Å². The van der Waals surface area contributed by atoms with Crippen molar-refractivity contribution in [3.05, 3.63) is 12.2 Å². The molecule has 0 saturated heterocycles. The molecular formula is C9H17NO. The number of allylic oxidation sites excluding steroid dienone is 1. The molecule has 0 bridgehead atoms. The lowest BCUT2D eigenvalue weighted by Crippen LogP contribution is -2.11. The molecular weight excluding hydrogens is 138 g/mol. The van der Waals surface area contributed by atoms with Gasteiger partial charge in [-0.05, 0) is 11.8 Å². The van der Waals surface area contributed by atoms with E-state index < -0.39 is 0 Å². The van der Waals surface area contributed by atoms with Gasteiger partial charge in [-0.1, -0.05) is 32.9 Å². The maximum Gasteiger partial charge on any atom is 0.207 e. The van der Waals surface area contributed by atoms with Crippen LogP contribution in [-0.2, 0) is 4.79 Å². The molecule has 0 rings (SSSR count). The first-order valence-electron chi connectivity index (χ1n) is 3.91. The number of hydrogen-bond acceptors (Lipinski definition) is 1. The van der Waals surface area contributed by atoms with E-state index in [2.05, 4.69) is 38.2 Å². The molecule has 64 valence electrons. The van der Waals surface area contributed by atoms with Gasteiger partial charge >= 0.3 is 0 Å². The Morgan fingerprint density at radius 2 is 2.00 bits per heavy atom. The van der Waals surface area contributed by atoms with Crippen LogP contribution >= 0.6 is 0 Å². The Hall–Kier alpha value is -0.790. The van der Waals surface area contributed by atoms with E-state index in [-0.39, 0.29) is 5.41 Å². The molecule has 0 saturated carbocycles. The fourth-order valence-electron chi connectivity index (χ4n) is 0.662. The summed E-state index contributed by atoms with van der Waals surface area (Å²) in [5, 5.41) is 2.60. The van der Waals surface area contributed by atoms with Crippen LogP contribution in [0.15, 0.2) is 12.2 Å². The summed E-state index contributed by atoms with van der Waals surface area (Å²) in [5.74, 6) is 0. The standard InChI is InChI=1S/C9H17NO/c1-9(2,3)6-4-5-7-10-8-11/h4,6,8H,5,7H2,1-3H3,(H,10,11)/b6-4-. The Balaban J connectivity index is 3.37. The van der Waals surface area contributed by atoms with E-state index in [1.165, 1.54) is 0 Å². The largest absolute Gasteiger partial charge is 0.358 e. The van der Waals surface area contributed by atoms with Crippen LogP contribution in [-0.4, -0.2) is 13.0 Å². The van der Waals surface area contributed by atoms with E-state index in [4.69, 9.17) is 0 Å². The molecule has 0 aliphatic rings. The van der Waals surface area contributed by atoms with E-state index in [0.717, 1.165) is 19.4 Å². The molecule has 1 N–H and O–H groups in total. The molecule has 2 nitrogen and oxygen atoms in total. The van der Waals surface area contributed by atoms with Crippen LogP contribution in [0.2, 0.25) is 0 Å². The van der Waals surface area contributed by atoms with Crippen LogP contribution < -0.4 is 5.32 Å². The summed E-state index contributed by atoms with van der Waals surface area (Å²) in [4.78, 5) is 9.83. The Morgan fingerprint density at radius 1 is 1.36 bits per heavy atom. The summed E-state index contributed by atoms with van der Waals surface area (Å²) in [6.07, 6.45) is 5.89. The van der Waals surface area contributed by atoms with E-state index in [0.29, 0.717) is 0 Å². The van der Waals surface area contributed by atoms with Crippen molar-refractivity contribution in [3.8, 4) is 0 Å². The first-order valence-corrected chi connectivity index (χ1v) is 3.91. The highest BCUT2D eigenvalue weighted by atomic mass is 16.1. The minimum Gasteiger partial charge on any atom is -0.358 e. The maximum atomic E-state index is 9.83. The van der Waals surface area contributed by atoms with Gasteiger partial charge in [0.25, 0.3) is 0 Å². The maximum absolute atomic E-state index is 9.83. The van der Waals surface area contributed by atoms with Gasteiger partial charge in [0.2, 0.25) is 6.41 Å². The Morgan fingerprint density at radius 3 is 2.45 bits per heavy atom. The van der Waals surface area contributed by atoms with Crippen molar-refractivity contribution >= 4 is 6.41 Å². The van der Waals surface area contributed by atoms with Gasteiger partial charge in [0, 0.05) is 6.54 Å². The fourth-order valence-corrected chi connectivity index (χ4v) is 0.662. The second-order valence-electron chi connectivity index (χ2n) is 3.63. The summed E-state index contributed by atoms with van der Waals surface area (Å²) in [6.45, 7) is 7.18. The third-order valence-corrected chi connectivity index (χ3v) is 1.16. The Labute approximate surface area is 68.7 Å². The lowest BCUT2D eigenvalue weighted by molar-refractivity contribution is -0.109. The molecule has 0 aliphatic carbocycles. The van der Waals surface area contributed by atoms with Crippen LogP contribution in [0.4, 0.5) is 0 Å². The number of carbonyl (C=O) groups is 1. The molecule has 0 aliphatic heterocycles. The Kier molecular flexibility index (Phi) is 4.59. The number of nitrogens with one attached hydrogen (secondary N) is 1. The summed E-state index contributed by atoms with van der Waals surface area (Å²) in [5.41, 5.74) is 0.251. The van der Waals surface area contributed by atoms with Crippen molar-refractivity contribution in [2.45, 2.75) is 27.2 Å². The van der Waals surface area contributed by atoms with E-state index in [1.807, 2.05) is 0 Å². The van der Waals surface area contributed by atoms with Crippen molar-refractivity contribution in [3.63, 3.8) is 0 Å². The number of carbonyl (C=O) groups excluding carboxylic acids is 1. The summed E-state index contributed by atoms with van der Waals surface area (Å²) >= 11 is 0. The molecule has 0 spiro atoms. The molecule has 0 fully saturated rings. The summed E-state index contributed by atoms with van der Waals surface area (Å²) in [6, 6.07) is 0. The first-order chi connectivity index (χ1) is 5.06. The molecule has 2 heteroatoms. The second kappa shape index (κ2) is 4.94. The van der Waals surface area contributed by atoms with Gasteiger partial charge in [-0.15, -0.1) is 0 Å². The molecule has 11 heavy (non-hydrogen) atoms. The molecule has 0 aromatic rings. The van der Waals surface area contributed by atoms with Crippen molar-refractivity contribution in [2.24, 2.45) is 5.41 Å². The van der Waals surface area contributed by atoms with Crippen molar-refractivity contribution in [2.75, 3.05) is 6.54 Å². The molecule has 0 aromatic heterocycles. The molecule has 0 heterocycles. The van der Waals surface area contributed by atoms with E-state index in [9.17, 15) is 4.79 Å². The van der Waals surface area contributed by atoms with Crippen LogP contribution in [0.1, 0.15) is 27.2 Å². The zero-order valence-electron chi connectivity index (χ0n) is 7.55. The number of hydrogen-bond donors (Lipinski definition) is 1. The quantitative estimate of drug-likeness (QED) is 0.374. The third-order valence-electron chi connectivity index (χ3n) is 1.16. The van der Waals surface area contributed by atoms with Crippen molar-refractivity contribution in [1.29, 1.82) is 0 Å². The van der Waals surface area contributed by atoms with Gasteiger partial charge in [0.1, 0.15) is 0 Å². The molecule has 0 unspecified atom stereocenters. The van der Waals surface area contributed by atoms with Gasteiger partial charge in [-0.25, -0.2) is 0 Å². The predicted molar refractivity (Wildman–Crippen MR) is 47.3 cm³/mol. The van der Waals surface area contributed by atoms with Crippen LogP contribution in [0.5, 0.6) is 0 Å². The van der Waals surface area contributed by atoms with Gasteiger partial charge in [0.15, 0.2) is 0 Å². The molecule has 1 amide bonds. The van der Waals surface area contributed by atoms with Gasteiger partial charge < -0.3 is 5.32 Å². The van der Waals surface area contributed by atoms with E-state index >= 15 is 0 Å². The lowest BCUT2D eigenvalue weighted by atomic mass is 9.96. The smallest absolute Gasteiger partial charge is 0.207 e. The number of rotatable bonds is 4. The molecule has 0 radical (unpaired) electrons. The summed E-state index contributed by atoms with van der Waals surface area (Å²) < 4.78 is 0. The monoisotopic (exact) mass is 155 g/mol. The molecule has 0 atom stereocenters. The van der Waals surface area contributed by atoms with Gasteiger partial charge in [0.05, 0.1) is 0 Å². The minimum absolute atomic E-state index is 0.251. The molecule has 0 aromatic carbocycles. The van der Waals surface area contributed by atoms with Gasteiger partial charge in [-0.2, -0.15) is 0 Å². The highest BCUT2D eigenvalue weighted by molar-refractivity contribution is 5.45. The van der Waals surface area contributed by atoms with Crippen LogP contribution in [0, 0.1) is 5.41 Å². The zero-order valence-corrected chi connectivity index (χ0v) is 7.55. The lowest BCUT2D eigenvalue weighted by Gasteiger charge is -2.10. The average molecular weight is 155 g/mol. The predicted octanol–water partition coefficient (Wildman–Crippen LogP) is 1.72. The fraction of sp³-hybridized carbons (Fsp3) is 0.667. The average Bonchev–Trinajstić information content (AvgIpc) is 1.85. The number of amides is 1. The van der Waals surface area contributed by atoms with Crippen LogP contribution in [0.3, 0.4) is 0 Å². The van der Waals surface area contributed by atoms with Gasteiger partial charge in [-0.3, -0.25) is 4.79 Å². The topological polar surface area (TPSA) is 29.1 Å². The zero-order chi connectivity index (χ0) is 8.74. The third kappa shape index (κ3) is 9.21. The Bertz CT molecular complexity index is 133. The first kappa shape index (κ1) is 10.2. The second-order valence-corrected chi connectivity index (χ2v) is 3.63. The highest BCUT2D eigenvalue weighted by Crippen LogP contribution is 2.14. The SMILES string of the molecule is CC(C)(C)/C=C\CCNC=O. The van der Waals surface area contributed by atoms with Crippen LogP contribution in [0.25, 0.3) is 0 Å². The highest BCUT2D eigenvalue weighted by Gasteiger charge is 2.02. The van der Waals surface area contributed by atoms with E-state index in [1.54, 1.807) is 0 Å².